The summed E-state index contributed by atoms with van der Waals surface area (Å²) in [5.74, 6) is 0.114. The number of methoxy groups -OCH3 is 4. The number of carbonyl (C=O) groups excluding carboxylic acids is 1. The van der Waals surface area contributed by atoms with E-state index in [0.29, 0.717) is 6.29 Å². The van der Waals surface area contributed by atoms with Crippen LogP contribution in [0.25, 0.3) is 0 Å². The summed E-state index contributed by atoms with van der Waals surface area (Å²) in [4.78, 5) is 11.0. The van der Waals surface area contributed by atoms with E-state index in [1.165, 1.54) is 28.4 Å². The second kappa shape index (κ2) is 5.29. The maximum atomic E-state index is 11.0. The van der Waals surface area contributed by atoms with Crippen molar-refractivity contribution < 1.29 is 28.8 Å². The average molecular weight is 242 g/mol. The van der Waals surface area contributed by atoms with Crippen LogP contribution >= 0.6 is 0 Å². The van der Waals surface area contributed by atoms with Crippen LogP contribution in [0, 0.1) is 0 Å². The fourth-order valence-corrected chi connectivity index (χ4v) is 1.54. The Hall–Kier alpha value is -2.11. The van der Waals surface area contributed by atoms with Crippen LogP contribution in [-0.2, 0) is 0 Å². The molecule has 0 aromatic heterocycles. The summed E-state index contributed by atoms with van der Waals surface area (Å²) < 4.78 is 20.2. The van der Waals surface area contributed by atoms with Gasteiger partial charge in [-0.15, -0.1) is 0 Å². The first kappa shape index (κ1) is 13.0. The number of aldehydes is 1. The Balaban J connectivity index is 3.72. The van der Waals surface area contributed by atoms with Crippen molar-refractivity contribution in [1.29, 1.82) is 0 Å². The van der Waals surface area contributed by atoms with E-state index in [-0.39, 0.29) is 34.3 Å². The smallest absolute Gasteiger partial charge is 0.211 e. The molecule has 1 rings (SSSR count). The summed E-state index contributed by atoms with van der Waals surface area (Å²) >= 11 is 0. The van der Waals surface area contributed by atoms with Gasteiger partial charge in [0, 0.05) is 0 Å². The molecular weight excluding hydrogens is 228 g/mol. The molecule has 6 nitrogen and oxygen atoms in total. The van der Waals surface area contributed by atoms with Gasteiger partial charge in [-0.2, -0.15) is 0 Å². The zero-order valence-electron chi connectivity index (χ0n) is 10.1. The molecular formula is C11H14O6. The van der Waals surface area contributed by atoms with Crippen molar-refractivity contribution in [2.24, 2.45) is 0 Å². The molecule has 0 radical (unpaired) electrons. The number of carbonyl (C=O) groups is 1. The SMILES string of the molecule is COc1c(O)c(C=O)c(OC)c(OC)c1OC. The molecule has 17 heavy (non-hydrogen) atoms. The highest BCUT2D eigenvalue weighted by molar-refractivity contribution is 5.89. The molecule has 0 aliphatic heterocycles. The Morgan fingerprint density at radius 2 is 1.24 bits per heavy atom. The van der Waals surface area contributed by atoms with Gasteiger partial charge in [0.25, 0.3) is 0 Å². The highest BCUT2D eigenvalue weighted by atomic mass is 16.5. The number of hydrogen-bond donors (Lipinski definition) is 1. The van der Waals surface area contributed by atoms with E-state index in [0.717, 1.165) is 0 Å². The normalized spacial score (nSPS) is 9.65. The van der Waals surface area contributed by atoms with Gasteiger partial charge < -0.3 is 24.1 Å². The van der Waals surface area contributed by atoms with Gasteiger partial charge in [0.2, 0.25) is 17.2 Å². The summed E-state index contributed by atoms with van der Waals surface area (Å²) in [5.41, 5.74) is -0.0537. The number of phenols is 1. The van der Waals surface area contributed by atoms with Gasteiger partial charge in [-0.25, -0.2) is 0 Å². The second-order valence-electron chi connectivity index (χ2n) is 3.01. The molecule has 0 bridgehead atoms. The minimum absolute atomic E-state index is 0.0206. The fourth-order valence-electron chi connectivity index (χ4n) is 1.54. The van der Waals surface area contributed by atoms with Crippen LogP contribution in [0.4, 0.5) is 0 Å². The second-order valence-corrected chi connectivity index (χ2v) is 3.01. The van der Waals surface area contributed by atoms with Crippen LogP contribution in [0.5, 0.6) is 28.7 Å². The van der Waals surface area contributed by atoms with Gasteiger partial charge >= 0.3 is 0 Å². The number of aromatic hydroxyl groups is 1. The van der Waals surface area contributed by atoms with Crippen molar-refractivity contribution in [2.75, 3.05) is 28.4 Å². The highest BCUT2D eigenvalue weighted by Crippen LogP contribution is 2.52. The van der Waals surface area contributed by atoms with E-state index in [9.17, 15) is 9.90 Å². The van der Waals surface area contributed by atoms with Crippen LogP contribution in [-0.4, -0.2) is 39.8 Å². The molecule has 0 spiro atoms. The van der Waals surface area contributed by atoms with E-state index < -0.39 is 0 Å². The number of phenolic OH excluding ortho intramolecular Hbond substituents is 1. The van der Waals surface area contributed by atoms with Crippen molar-refractivity contribution in [1.82, 2.24) is 0 Å². The summed E-state index contributed by atoms with van der Waals surface area (Å²) in [7, 11) is 5.49. The van der Waals surface area contributed by atoms with Gasteiger partial charge in [-0.1, -0.05) is 0 Å². The van der Waals surface area contributed by atoms with E-state index >= 15 is 0 Å². The Labute approximate surface area is 98.7 Å². The topological polar surface area (TPSA) is 74.2 Å². The van der Waals surface area contributed by atoms with Gasteiger partial charge in [0.05, 0.1) is 28.4 Å². The molecule has 1 aromatic carbocycles. The number of benzene rings is 1. The van der Waals surface area contributed by atoms with Crippen LogP contribution in [0.2, 0.25) is 0 Å². The third-order valence-electron chi connectivity index (χ3n) is 2.27. The van der Waals surface area contributed by atoms with E-state index in [1.807, 2.05) is 0 Å². The quantitative estimate of drug-likeness (QED) is 0.783. The molecule has 1 N–H and O–H groups in total. The van der Waals surface area contributed by atoms with Gasteiger partial charge in [-0.3, -0.25) is 4.79 Å². The summed E-state index contributed by atoms with van der Waals surface area (Å²) in [5, 5.41) is 9.86. The maximum Gasteiger partial charge on any atom is 0.211 e. The minimum Gasteiger partial charge on any atom is -0.504 e. The molecule has 0 aliphatic rings. The van der Waals surface area contributed by atoms with E-state index in [2.05, 4.69) is 0 Å². The third kappa shape index (κ3) is 1.93. The maximum absolute atomic E-state index is 11.0. The first-order valence-corrected chi connectivity index (χ1v) is 4.70. The lowest BCUT2D eigenvalue weighted by Crippen LogP contribution is -2.01. The molecule has 0 fully saturated rings. The van der Waals surface area contributed by atoms with Gasteiger partial charge in [0.15, 0.2) is 17.8 Å². The Morgan fingerprint density at radius 3 is 1.59 bits per heavy atom. The lowest BCUT2D eigenvalue weighted by Gasteiger charge is -2.18. The molecule has 6 heteroatoms. The molecule has 0 saturated carbocycles. The molecule has 0 heterocycles. The van der Waals surface area contributed by atoms with Crippen LogP contribution in [0.1, 0.15) is 10.4 Å². The van der Waals surface area contributed by atoms with E-state index in [4.69, 9.17) is 18.9 Å². The zero-order valence-corrected chi connectivity index (χ0v) is 10.1. The highest BCUT2D eigenvalue weighted by Gasteiger charge is 2.26. The Kier molecular flexibility index (Phi) is 4.03. The number of ether oxygens (including phenoxy) is 4. The standard InChI is InChI=1S/C11H14O6/c1-14-8-6(5-12)7(13)9(15-2)11(17-4)10(8)16-3/h5,13H,1-4H3. The molecule has 0 aliphatic carbocycles. The van der Waals surface area contributed by atoms with Crippen LogP contribution < -0.4 is 18.9 Å². The van der Waals surface area contributed by atoms with Crippen molar-refractivity contribution >= 4 is 6.29 Å². The minimum atomic E-state index is -0.350. The predicted molar refractivity (Wildman–Crippen MR) is 59.7 cm³/mol. The zero-order chi connectivity index (χ0) is 13.0. The fraction of sp³-hybridized carbons (Fsp3) is 0.364. The van der Waals surface area contributed by atoms with Gasteiger partial charge in [-0.05, 0) is 0 Å². The first-order chi connectivity index (χ1) is 8.15. The summed E-state index contributed by atoms with van der Waals surface area (Å²) in [6, 6.07) is 0. The Morgan fingerprint density at radius 1 is 0.824 bits per heavy atom. The third-order valence-corrected chi connectivity index (χ3v) is 2.27. The van der Waals surface area contributed by atoms with Crippen molar-refractivity contribution in [3.63, 3.8) is 0 Å². The average Bonchev–Trinajstić information content (AvgIpc) is 2.36. The van der Waals surface area contributed by atoms with Gasteiger partial charge in [0.1, 0.15) is 5.56 Å². The molecule has 94 valence electrons. The lowest BCUT2D eigenvalue weighted by atomic mass is 10.1. The summed E-state index contributed by atoms with van der Waals surface area (Å²) in [6.07, 6.45) is 0.457. The van der Waals surface area contributed by atoms with E-state index in [1.54, 1.807) is 0 Å². The largest absolute Gasteiger partial charge is 0.504 e. The van der Waals surface area contributed by atoms with Crippen LogP contribution in [0.15, 0.2) is 0 Å². The molecule has 1 aromatic rings. The number of rotatable bonds is 5. The molecule has 0 atom stereocenters. The predicted octanol–water partition coefficient (Wildman–Crippen LogP) is 1.24. The number of hydrogen-bond acceptors (Lipinski definition) is 6. The monoisotopic (exact) mass is 242 g/mol. The first-order valence-electron chi connectivity index (χ1n) is 4.70. The van der Waals surface area contributed by atoms with Crippen molar-refractivity contribution in [3.8, 4) is 28.7 Å². The van der Waals surface area contributed by atoms with Crippen molar-refractivity contribution in [2.45, 2.75) is 0 Å². The molecule has 0 amide bonds. The molecule has 0 saturated heterocycles. The summed E-state index contributed by atoms with van der Waals surface area (Å²) in [6.45, 7) is 0. The van der Waals surface area contributed by atoms with Crippen molar-refractivity contribution in [3.05, 3.63) is 5.56 Å². The van der Waals surface area contributed by atoms with Crippen LogP contribution in [0.3, 0.4) is 0 Å². The lowest BCUT2D eigenvalue weighted by molar-refractivity contribution is 0.111. The molecule has 0 unspecified atom stereocenters. The Bertz CT molecular complexity index is 427.